The van der Waals surface area contributed by atoms with Crippen molar-refractivity contribution >= 4 is 16.0 Å². The second-order valence-corrected chi connectivity index (χ2v) is 2.14. The summed E-state index contributed by atoms with van der Waals surface area (Å²) >= 11 is 2.79. The molecule has 0 aliphatic heterocycles. The van der Waals surface area contributed by atoms with E-state index in [1.54, 1.807) is 0 Å². The van der Waals surface area contributed by atoms with Crippen LogP contribution in [0.25, 0.3) is 0 Å². The van der Waals surface area contributed by atoms with Gasteiger partial charge in [-0.3, -0.25) is 0 Å². The molecule has 6 heavy (non-hydrogen) atoms. The third kappa shape index (κ3) is 4.26. The summed E-state index contributed by atoms with van der Waals surface area (Å²) in [4.78, 5) is 1.95. The van der Waals surface area contributed by atoms with E-state index in [1.807, 2.05) is 4.97 Å². The zero-order valence-corrected chi connectivity index (χ0v) is 5.85. The molecule has 0 atom stereocenters. The molecule has 35 valence electrons. The van der Waals surface area contributed by atoms with Crippen molar-refractivity contribution in [2.75, 3.05) is 0 Å². The van der Waals surface area contributed by atoms with Crippen molar-refractivity contribution in [1.29, 1.82) is 0 Å². The molecule has 0 amide bonds. The molecule has 0 spiro atoms. The normalized spacial score (nSPS) is 11.2. The molecule has 0 bridgehead atoms. The monoisotopic (exact) mass is 149 g/mol. The fraction of sp³-hybridized carbons (Fsp3) is 0.600. The third-order valence-electron chi connectivity index (χ3n) is 0.463. The van der Waals surface area contributed by atoms with Crippen LogP contribution in [0, 0.1) is 5.92 Å². The van der Waals surface area contributed by atoms with Crippen LogP contribution in [0.4, 0.5) is 0 Å². The van der Waals surface area contributed by atoms with E-state index < -0.39 is 0 Å². The van der Waals surface area contributed by atoms with Crippen molar-refractivity contribution in [3.63, 3.8) is 0 Å². The Balaban J connectivity index is 3.03. The van der Waals surface area contributed by atoms with Crippen LogP contribution >= 0.6 is 0 Å². The van der Waals surface area contributed by atoms with Gasteiger partial charge < -0.3 is 0 Å². The molecule has 0 unspecified atom stereocenters. The van der Waals surface area contributed by atoms with Crippen LogP contribution in [0.2, 0.25) is 0 Å². The molecule has 0 rings (SSSR count). The Morgan fingerprint density at radius 1 is 1.50 bits per heavy atom. The second-order valence-electron chi connectivity index (χ2n) is 1.57. The summed E-state index contributed by atoms with van der Waals surface area (Å²) in [5.74, 6) is 0.686. The molecule has 0 nitrogen and oxygen atoms in total. The predicted molar refractivity (Wildman–Crippen MR) is 29.7 cm³/mol. The summed E-state index contributed by atoms with van der Waals surface area (Å²) in [6.07, 6.45) is 2.11. The van der Waals surface area contributed by atoms with Gasteiger partial charge in [0.2, 0.25) is 0 Å². The Morgan fingerprint density at radius 2 is 2.00 bits per heavy atom. The first-order valence-electron chi connectivity index (χ1n) is 2.06. The molecule has 1 radical (unpaired) electrons. The van der Waals surface area contributed by atoms with Crippen molar-refractivity contribution in [3.8, 4) is 0 Å². The quantitative estimate of drug-likeness (QED) is 0.492. The molecule has 0 aliphatic rings. The summed E-state index contributed by atoms with van der Waals surface area (Å²) in [6.45, 7) is 4.29. The van der Waals surface area contributed by atoms with Crippen molar-refractivity contribution in [1.82, 2.24) is 0 Å². The van der Waals surface area contributed by atoms with Crippen LogP contribution < -0.4 is 0 Å². The fourth-order valence-corrected chi connectivity index (χ4v) is 0.816. The van der Waals surface area contributed by atoms with Gasteiger partial charge in [-0.15, -0.1) is 0 Å². The molecule has 0 aromatic heterocycles. The molecule has 0 N–H and O–H groups in total. The summed E-state index contributed by atoms with van der Waals surface area (Å²) < 4.78 is 0. The number of rotatable bonds is 1. The average Bonchev–Trinajstić information content (AvgIpc) is 1.35. The Kier molecular flexibility index (Phi) is 3.60. The molecule has 0 fully saturated rings. The average molecular weight is 148 g/mol. The molecule has 0 aromatic rings. The molecule has 0 saturated carbocycles. The van der Waals surface area contributed by atoms with Crippen molar-refractivity contribution < 1.29 is 0 Å². The summed E-state index contributed by atoms with van der Waals surface area (Å²) in [7, 11) is 0. The van der Waals surface area contributed by atoms with Gasteiger partial charge in [-0.1, -0.05) is 0 Å². The van der Waals surface area contributed by atoms with E-state index in [-0.39, 0.29) is 0 Å². The van der Waals surface area contributed by atoms with Crippen LogP contribution in [0.5, 0.6) is 0 Å². The summed E-state index contributed by atoms with van der Waals surface area (Å²) in [5, 5.41) is 0. The van der Waals surface area contributed by atoms with Crippen molar-refractivity contribution in [2.45, 2.75) is 13.8 Å². The minimum absolute atomic E-state index is 0.686. The molecule has 1 heteroatoms. The number of allylic oxidation sites excluding steroid dienone is 1. The zero-order chi connectivity index (χ0) is 4.99. The van der Waals surface area contributed by atoms with Crippen LogP contribution in [0.15, 0.2) is 11.1 Å². The van der Waals surface area contributed by atoms with E-state index in [9.17, 15) is 0 Å². The molecular formula is C5H9Se. The van der Waals surface area contributed by atoms with Gasteiger partial charge in [0, 0.05) is 0 Å². The standard InChI is InChI=1S/C5H9Se/c1-5(2)3-4-6/h3-5H,1-2H3/b4-3+. The van der Waals surface area contributed by atoms with Gasteiger partial charge in [0.25, 0.3) is 0 Å². The molecule has 0 heterocycles. The van der Waals surface area contributed by atoms with Gasteiger partial charge in [0.05, 0.1) is 0 Å². The van der Waals surface area contributed by atoms with E-state index in [0.29, 0.717) is 5.92 Å². The Bertz CT molecular complexity index is 45.9. The first-order chi connectivity index (χ1) is 2.77. The van der Waals surface area contributed by atoms with E-state index in [2.05, 4.69) is 35.9 Å². The van der Waals surface area contributed by atoms with E-state index in [4.69, 9.17) is 0 Å². The van der Waals surface area contributed by atoms with Crippen LogP contribution in [0.1, 0.15) is 13.8 Å². The Hall–Kier alpha value is 0.259. The first-order valence-corrected chi connectivity index (χ1v) is 3.05. The minimum atomic E-state index is 0.686. The molecular weight excluding hydrogens is 139 g/mol. The topological polar surface area (TPSA) is 0 Å². The first kappa shape index (κ1) is 6.26. The molecule has 0 aliphatic carbocycles. The SMILES string of the molecule is CC(C)/C=C/[Se]. The van der Waals surface area contributed by atoms with Gasteiger partial charge in [-0.2, -0.15) is 0 Å². The van der Waals surface area contributed by atoms with E-state index >= 15 is 0 Å². The Morgan fingerprint density at radius 3 is 2.00 bits per heavy atom. The summed E-state index contributed by atoms with van der Waals surface area (Å²) in [6, 6.07) is 0. The molecule has 0 saturated heterocycles. The number of hydrogen-bond acceptors (Lipinski definition) is 0. The van der Waals surface area contributed by atoms with Crippen molar-refractivity contribution in [3.05, 3.63) is 11.1 Å². The third-order valence-corrected chi connectivity index (χ3v) is 0.793. The Labute approximate surface area is 47.4 Å². The van der Waals surface area contributed by atoms with Crippen LogP contribution in [0.3, 0.4) is 0 Å². The maximum absolute atomic E-state index is 2.79. The number of hydrogen-bond donors (Lipinski definition) is 0. The zero-order valence-electron chi connectivity index (χ0n) is 4.14. The van der Waals surface area contributed by atoms with Gasteiger partial charge in [0.15, 0.2) is 0 Å². The van der Waals surface area contributed by atoms with Crippen molar-refractivity contribution in [2.24, 2.45) is 5.92 Å². The van der Waals surface area contributed by atoms with Gasteiger partial charge in [-0.25, -0.2) is 0 Å². The predicted octanol–water partition coefficient (Wildman–Crippen LogP) is 1.32. The van der Waals surface area contributed by atoms with Crippen LogP contribution in [-0.2, 0) is 0 Å². The summed E-state index contributed by atoms with van der Waals surface area (Å²) in [5.41, 5.74) is 0. The molecule has 0 aromatic carbocycles. The second kappa shape index (κ2) is 3.45. The van der Waals surface area contributed by atoms with E-state index in [1.165, 1.54) is 0 Å². The van der Waals surface area contributed by atoms with Crippen LogP contribution in [-0.4, -0.2) is 16.0 Å². The van der Waals surface area contributed by atoms with E-state index in [0.717, 1.165) is 0 Å². The van der Waals surface area contributed by atoms with Gasteiger partial charge in [0.1, 0.15) is 0 Å². The fourth-order valence-electron chi connectivity index (χ4n) is 0.157. The van der Waals surface area contributed by atoms with Gasteiger partial charge >= 0.3 is 46.8 Å². The maximum atomic E-state index is 2.79. The van der Waals surface area contributed by atoms with Gasteiger partial charge in [-0.05, 0) is 0 Å².